The number of carbonyl (C=O) groups is 2. The maximum absolute atomic E-state index is 11.6. The van der Waals surface area contributed by atoms with Crippen molar-refractivity contribution in [3.05, 3.63) is 43.0 Å². The minimum Gasteiger partial charge on any atom is -0.460 e. The third-order valence-electron chi connectivity index (χ3n) is 2.28. The smallest absolute Gasteiger partial charge is 0.330 e. The predicted octanol–water partition coefficient (Wildman–Crippen LogP) is 1.73. The first-order chi connectivity index (χ1) is 9.15. The second kappa shape index (κ2) is 8.05. The lowest BCUT2D eigenvalue weighted by Crippen LogP contribution is -2.25. The number of rotatable bonds is 7. The molecule has 1 aromatic carbocycles. The van der Waals surface area contributed by atoms with Gasteiger partial charge in [-0.15, -0.1) is 0 Å². The molecule has 19 heavy (non-hydrogen) atoms. The van der Waals surface area contributed by atoms with Crippen LogP contribution in [0.4, 0.5) is 0 Å². The van der Waals surface area contributed by atoms with Crippen LogP contribution in [0, 0.1) is 0 Å². The molecule has 0 aliphatic carbocycles. The van der Waals surface area contributed by atoms with E-state index < -0.39 is 18.0 Å². The molecule has 1 rings (SSSR count). The first-order valence-electron chi connectivity index (χ1n) is 5.73. The average Bonchev–Trinajstić information content (AvgIpc) is 2.44. The number of hydrogen-bond acceptors (Lipinski definition) is 5. The van der Waals surface area contributed by atoms with Crippen molar-refractivity contribution < 1.29 is 23.8 Å². The topological polar surface area (TPSA) is 61.8 Å². The number of para-hydroxylation sites is 1. The van der Waals surface area contributed by atoms with E-state index in [9.17, 15) is 9.59 Å². The van der Waals surface area contributed by atoms with Crippen molar-refractivity contribution in [1.29, 1.82) is 0 Å². The SMILES string of the molecule is C=CC(=O)OCC(CC(=O)Oc1ccccc1)OC. The van der Waals surface area contributed by atoms with Gasteiger partial charge in [-0.3, -0.25) is 4.79 Å². The summed E-state index contributed by atoms with van der Waals surface area (Å²) < 4.78 is 14.9. The van der Waals surface area contributed by atoms with E-state index in [1.54, 1.807) is 24.3 Å². The number of benzene rings is 1. The minimum atomic E-state index is -0.557. The zero-order valence-electron chi connectivity index (χ0n) is 10.7. The van der Waals surface area contributed by atoms with Gasteiger partial charge in [-0.05, 0) is 12.1 Å². The Morgan fingerprint density at radius 3 is 2.58 bits per heavy atom. The summed E-state index contributed by atoms with van der Waals surface area (Å²) in [5.41, 5.74) is 0. The Kier molecular flexibility index (Phi) is 6.32. The van der Waals surface area contributed by atoms with Crippen LogP contribution >= 0.6 is 0 Å². The van der Waals surface area contributed by atoms with Crippen molar-refractivity contribution >= 4 is 11.9 Å². The van der Waals surface area contributed by atoms with Crippen LogP contribution in [0.15, 0.2) is 43.0 Å². The first-order valence-corrected chi connectivity index (χ1v) is 5.73. The van der Waals surface area contributed by atoms with Gasteiger partial charge < -0.3 is 14.2 Å². The summed E-state index contributed by atoms with van der Waals surface area (Å²) in [5.74, 6) is -0.545. The van der Waals surface area contributed by atoms with E-state index in [1.807, 2.05) is 6.07 Å². The van der Waals surface area contributed by atoms with Gasteiger partial charge in [0, 0.05) is 13.2 Å². The van der Waals surface area contributed by atoms with Crippen LogP contribution in [0.25, 0.3) is 0 Å². The van der Waals surface area contributed by atoms with Gasteiger partial charge in [-0.1, -0.05) is 24.8 Å². The second-order valence-corrected chi connectivity index (χ2v) is 3.68. The molecule has 0 saturated carbocycles. The van der Waals surface area contributed by atoms with E-state index >= 15 is 0 Å². The minimum absolute atomic E-state index is 0.00415. The molecule has 1 unspecified atom stereocenters. The second-order valence-electron chi connectivity index (χ2n) is 3.68. The highest BCUT2D eigenvalue weighted by molar-refractivity contribution is 5.81. The lowest BCUT2D eigenvalue weighted by molar-refractivity contribution is -0.146. The Morgan fingerprint density at radius 2 is 2.00 bits per heavy atom. The van der Waals surface area contributed by atoms with Gasteiger partial charge in [0.15, 0.2) is 0 Å². The third kappa shape index (κ3) is 5.83. The molecule has 0 radical (unpaired) electrons. The normalized spacial score (nSPS) is 11.4. The fourth-order valence-electron chi connectivity index (χ4n) is 1.29. The monoisotopic (exact) mass is 264 g/mol. The molecule has 0 aliphatic rings. The maximum atomic E-state index is 11.6. The molecule has 0 N–H and O–H groups in total. The third-order valence-corrected chi connectivity index (χ3v) is 2.28. The average molecular weight is 264 g/mol. The number of ether oxygens (including phenoxy) is 3. The van der Waals surface area contributed by atoms with Gasteiger partial charge in [0.1, 0.15) is 18.5 Å². The maximum Gasteiger partial charge on any atom is 0.330 e. The van der Waals surface area contributed by atoms with E-state index in [0.29, 0.717) is 5.75 Å². The standard InChI is InChI=1S/C14H16O5/c1-3-13(15)18-10-12(17-2)9-14(16)19-11-7-5-4-6-8-11/h3-8,12H,1,9-10H2,2H3. The van der Waals surface area contributed by atoms with Crippen LogP contribution < -0.4 is 4.74 Å². The molecule has 0 spiro atoms. The fraction of sp³-hybridized carbons (Fsp3) is 0.286. The van der Waals surface area contributed by atoms with Crippen molar-refractivity contribution in [3.8, 4) is 5.75 Å². The first kappa shape index (κ1) is 14.9. The Bertz CT molecular complexity index is 427. The van der Waals surface area contributed by atoms with Crippen LogP contribution in [0.1, 0.15) is 6.42 Å². The molecule has 102 valence electrons. The molecule has 0 bridgehead atoms. The highest BCUT2D eigenvalue weighted by Crippen LogP contribution is 2.10. The van der Waals surface area contributed by atoms with Crippen molar-refractivity contribution in [2.75, 3.05) is 13.7 Å². The summed E-state index contributed by atoms with van der Waals surface area (Å²) in [5, 5.41) is 0. The van der Waals surface area contributed by atoms with Gasteiger partial charge in [0.2, 0.25) is 0 Å². The Morgan fingerprint density at radius 1 is 1.32 bits per heavy atom. The molecule has 0 heterocycles. The van der Waals surface area contributed by atoms with Gasteiger partial charge in [-0.2, -0.15) is 0 Å². The predicted molar refractivity (Wildman–Crippen MR) is 68.6 cm³/mol. The molecule has 1 aromatic rings. The molecule has 5 nitrogen and oxygen atoms in total. The molecule has 0 fully saturated rings. The zero-order valence-corrected chi connectivity index (χ0v) is 10.7. The quantitative estimate of drug-likeness (QED) is 0.426. The molecule has 0 amide bonds. The van der Waals surface area contributed by atoms with Crippen molar-refractivity contribution in [2.24, 2.45) is 0 Å². The van der Waals surface area contributed by atoms with E-state index in [1.165, 1.54) is 7.11 Å². The van der Waals surface area contributed by atoms with Gasteiger partial charge in [0.25, 0.3) is 0 Å². The summed E-state index contributed by atoms with van der Waals surface area (Å²) in [7, 11) is 1.43. The lowest BCUT2D eigenvalue weighted by atomic mass is 10.2. The largest absolute Gasteiger partial charge is 0.460 e. The zero-order chi connectivity index (χ0) is 14.1. The Labute approximate surface area is 111 Å². The highest BCUT2D eigenvalue weighted by Gasteiger charge is 2.16. The number of methoxy groups -OCH3 is 1. The van der Waals surface area contributed by atoms with Crippen LogP contribution in [0.5, 0.6) is 5.75 Å². The summed E-state index contributed by atoms with van der Waals surface area (Å²) >= 11 is 0. The highest BCUT2D eigenvalue weighted by atomic mass is 16.6. The van der Waals surface area contributed by atoms with Crippen LogP contribution in [-0.2, 0) is 19.1 Å². The van der Waals surface area contributed by atoms with Gasteiger partial charge in [0.05, 0.1) is 6.42 Å². The van der Waals surface area contributed by atoms with Crippen LogP contribution in [-0.4, -0.2) is 31.8 Å². The Hall–Kier alpha value is -2.14. The molecule has 0 aromatic heterocycles. The molecule has 1 atom stereocenters. The summed E-state index contributed by atoms with van der Waals surface area (Å²) in [6.07, 6.45) is 0.505. The van der Waals surface area contributed by atoms with Crippen molar-refractivity contribution in [2.45, 2.75) is 12.5 Å². The lowest BCUT2D eigenvalue weighted by Gasteiger charge is -2.14. The van der Waals surface area contributed by atoms with Crippen LogP contribution in [0.3, 0.4) is 0 Å². The summed E-state index contributed by atoms with van der Waals surface area (Å²) in [6.45, 7) is 3.25. The summed E-state index contributed by atoms with van der Waals surface area (Å²) in [6, 6.07) is 8.71. The number of carbonyl (C=O) groups excluding carboxylic acids is 2. The molecular formula is C14H16O5. The van der Waals surface area contributed by atoms with Gasteiger partial charge >= 0.3 is 11.9 Å². The molecule has 0 saturated heterocycles. The van der Waals surface area contributed by atoms with Crippen molar-refractivity contribution in [3.63, 3.8) is 0 Å². The van der Waals surface area contributed by atoms with E-state index in [4.69, 9.17) is 14.2 Å². The molecular weight excluding hydrogens is 248 g/mol. The van der Waals surface area contributed by atoms with E-state index in [2.05, 4.69) is 6.58 Å². The summed E-state index contributed by atoms with van der Waals surface area (Å²) in [4.78, 5) is 22.5. The van der Waals surface area contributed by atoms with Crippen LogP contribution in [0.2, 0.25) is 0 Å². The van der Waals surface area contributed by atoms with E-state index in [0.717, 1.165) is 6.08 Å². The van der Waals surface area contributed by atoms with Crippen molar-refractivity contribution in [1.82, 2.24) is 0 Å². The van der Waals surface area contributed by atoms with E-state index in [-0.39, 0.29) is 13.0 Å². The van der Waals surface area contributed by atoms with Gasteiger partial charge in [-0.25, -0.2) is 4.79 Å². The number of esters is 2. The molecule has 0 aliphatic heterocycles. The Balaban J connectivity index is 2.40. The molecule has 5 heteroatoms. The fourth-order valence-corrected chi connectivity index (χ4v) is 1.29. The number of hydrogen-bond donors (Lipinski definition) is 0.